The number of hydrogen-bond acceptors (Lipinski definition) is 4. The Morgan fingerprint density at radius 1 is 1.13 bits per heavy atom. The lowest BCUT2D eigenvalue weighted by Crippen LogP contribution is -2.24. The first-order valence-corrected chi connectivity index (χ1v) is 7.99. The van der Waals surface area contributed by atoms with E-state index < -0.39 is 11.6 Å². The average Bonchev–Trinajstić information content (AvgIpc) is 2.47. The number of aromatic hydroxyl groups is 1. The molecule has 0 aliphatic carbocycles. The van der Waals surface area contributed by atoms with Gasteiger partial charge in [-0.3, -0.25) is 0 Å². The van der Waals surface area contributed by atoms with Crippen LogP contribution in [0.15, 0.2) is 46.9 Å². The van der Waals surface area contributed by atoms with Crippen molar-refractivity contribution in [3.63, 3.8) is 0 Å². The minimum atomic E-state index is -0.664. The maximum atomic E-state index is 12.4. The number of phenolic OH excluding ortho intramolecular Hbond substituents is 1. The molecule has 0 aliphatic heterocycles. The summed E-state index contributed by atoms with van der Waals surface area (Å²) in [5, 5.41) is 10.2. The van der Waals surface area contributed by atoms with E-state index in [9.17, 15) is 9.90 Å². The van der Waals surface area contributed by atoms with Crippen molar-refractivity contribution in [2.75, 3.05) is 0 Å². The fraction of sp³-hybridized carbons (Fsp3) is 0.278. The summed E-state index contributed by atoms with van der Waals surface area (Å²) in [7, 11) is 0. The highest BCUT2D eigenvalue weighted by Gasteiger charge is 2.25. The normalized spacial score (nSPS) is 11.1. The monoisotopic (exact) mass is 378 g/mol. The van der Waals surface area contributed by atoms with Crippen molar-refractivity contribution >= 4 is 21.9 Å². The van der Waals surface area contributed by atoms with Gasteiger partial charge in [-0.05, 0) is 54.4 Å². The number of ether oxygens (including phenoxy) is 2. The highest BCUT2D eigenvalue weighted by Crippen LogP contribution is 2.36. The van der Waals surface area contributed by atoms with Gasteiger partial charge in [-0.25, -0.2) is 4.79 Å². The smallest absolute Gasteiger partial charge is 0.346 e. The summed E-state index contributed by atoms with van der Waals surface area (Å²) >= 11 is 3.21. The summed E-state index contributed by atoms with van der Waals surface area (Å²) in [4.78, 5) is 12.4. The molecular formula is C18H19BrO4. The van der Waals surface area contributed by atoms with Crippen molar-refractivity contribution in [3.8, 4) is 11.5 Å². The summed E-state index contributed by atoms with van der Waals surface area (Å²) in [5.74, 6) is -0.534. The number of halogens is 1. The lowest BCUT2D eigenvalue weighted by Gasteiger charge is -2.21. The van der Waals surface area contributed by atoms with Crippen LogP contribution >= 0.6 is 15.9 Å². The molecule has 0 spiro atoms. The Bertz CT molecular complexity index is 690. The minimum Gasteiger partial charge on any atom is -0.506 e. The predicted molar refractivity (Wildman–Crippen MR) is 91.7 cm³/mol. The SMILES string of the molecule is CC(C)(C)OC(=O)c1c(OCc2ccccc2)ccc(Br)c1O. The van der Waals surface area contributed by atoms with E-state index in [4.69, 9.17) is 9.47 Å². The van der Waals surface area contributed by atoms with Crippen LogP contribution in [0.4, 0.5) is 0 Å². The zero-order valence-electron chi connectivity index (χ0n) is 13.3. The van der Waals surface area contributed by atoms with E-state index >= 15 is 0 Å². The van der Waals surface area contributed by atoms with Crippen LogP contribution in [0.3, 0.4) is 0 Å². The van der Waals surface area contributed by atoms with Crippen LogP contribution in [0.25, 0.3) is 0 Å². The van der Waals surface area contributed by atoms with Crippen LogP contribution in [0.1, 0.15) is 36.7 Å². The van der Waals surface area contributed by atoms with E-state index in [-0.39, 0.29) is 23.7 Å². The van der Waals surface area contributed by atoms with Gasteiger partial charge in [0, 0.05) is 0 Å². The largest absolute Gasteiger partial charge is 0.506 e. The Morgan fingerprint density at radius 2 is 1.78 bits per heavy atom. The molecule has 2 aromatic rings. The van der Waals surface area contributed by atoms with Gasteiger partial charge in [-0.15, -0.1) is 0 Å². The zero-order valence-corrected chi connectivity index (χ0v) is 14.9. The van der Waals surface area contributed by atoms with Crippen LogP contribution in [-0.2, 0) is 11.3 Å². The van der Waals surface area contributed by atoms with Crippen molar-refractivity contribution in [3.05, 3.63) is 58.1 Å². The topological polar surface area (TPSA) is 55.8 Å². The van der Waals surface area contributed by atoms with Crippen LogP contribution in [0.5, 0.6) is 11.5 Å². The Labute approximate surface area is 144 Å². The first kappa shape index (κ1) is 17.3. The molecule has 1 N–H and O–H groups in total. The Morgan fingerprint density at radius 3 is 2.39 bits per heavy atom. The first-order chi connectivity index (χ1) is 10.8. The standard InChI is InChI=1S/C18H19BrO4/c1-18(2,3)23-17(21)15-14(10-9-13(19)16(15)20)22-11-12-7-5-4-6-8-12/h4-10,20H,11H2,1-3H3. The molecule has 0 amide bonds. The van der Waals surface area contributed by atoms with Crippen molar-refractivity contribution in [2.24, 2.45) is 0 Å². The number of esters is 1. The molecule has 0 saturated heterocycles. The van der Waals surface area contributed by atoms with Gasteiger partial charge in [-0.1, -0.05) is 30.3 Å². The Kier molecular flexibility index (Phi) is 5.31. The van der Waals surface area contributed by atoms with Crippen molar-refractivity contribution in [1.82, 2.24) is 0 Å². The molecule has 0 aromatic heterocycles. The predicted octanol–water partition coefficient (Wildman–Crippen LogP) is 4.69. The lowest BCUT2D eigenvalue weighted by molar-refractivity contribution is 0.00624. The van der Waals surface area contributed by atoms with Crippen molar-refractivity contribution in [2.45, 2.75) is 33.0 Å². The van der Waals surface area contributed by atoms with Crippen LogP contribution in [0.2, 0.25) is 0 Å². The molecular weight excluding hydrogens is 360 g/mol. The molecule has 0 aliphatic rings. The van der Waals surface area contributed by atoms with E-state index in [0.29, 0.717) is 4.47 Å². The third-order valence-electron chi connectivity index (χ3n) is 2.93. The molecule has 0 fully saturated rings. The summed E-state index contributed by atoms with van der Waals surface area (Å²) < 4.78 is 11.5. The number of carbonyl (C=O) groups excluding carboxylic acids is 1. The number of hydrogen-bond donors (Lipinski definition) is 1. The fourth-order valence-electron chi connectivity index (χ4n) is 1.93. The summed E-state index contributed by atoms with van der Waals surface area (Å²) in [6.07, 6.45) is 0. The van der Waals surface area contributed by atoms with E-state index in [0.717, 1.165) is 5.56 Å². The lowest BCUT2D eigenvalue weighted by atomic mass is 10.1. The fourth-order valence-corrected chi connectivity index (χ4v) is 2.26. The third kappa shape index (κ3) is 4.73. The number of rotatable bonds is 4. The molecule has 0 saturated carbocycles. The van der Waals surface area contributed by atoms with Gasteiger partial charge < -0.3 is 14.6 Å². The summed E-state index contributed by atoms with van der Waals surface area (Å²) in [6, 6.07) is 12.8. The first-order valence-electron chi connectivity index (χ1n) is 7.19. The van der Waals surface area contributed by atoms with Crippen LogP contribution in [0, 0.1) is 0 Å². The highest BCUT2D eigenvalue weighted by atomic mass is 79.9. The van der Waals surface area contributed by atoms with E-state index in [1.54, 1.807) is 32.9 Å². The minimum absolute atomic E-state index is 0.0187. The van der Waals surface area contributed by atoms with E-state index in [2.05, 4.69) is 15.9 Å². The van der Waals surface area contributed by atoms with Gasteiger partial charge in [0.2, 0.25) is 0 Å². The number of phenols is 1. The van der Waals surface area contributed by atoms with Crippen molar-refractivity contribution < 1.29 is 19.4 Å². The number of benzene rings is 2. The molecule has 5 heteroatoms. The van der Waals surface area contributed by atoms with Gasteiger partial charge in [0.15, 0.2) is 0 Å². The number of carbonyl (C=O) groups is 1. The average molecular weight is 379 g/mol. The molecule has 2 rings (SSSR count). The third-order valence-corrected chi connectivity index (χ3v) is 3.57. The Balaban J connectivity index is 2.28. The van der Waals surface area contributed by atoms with Gasteiger partial charge in [-0.2, -0.15) is 0 Å². The van der Waals surface area contributed by atoms with Gasteiger partial charge in [0.05, 0.1) is 4.47 Å². The Hall–Kier alpha value is -2.01. The van der Waals surface area contributed by atoms with Crippen molar-refractivity contribution in [1.29, 1.82) is 0 Å². The molecule has 0 atom stereocenters. The maximum absolute atomic E-state index is 12.4. The quantitative estimate of drug-likeness (QED) is 0.784. The summed E-state index contributed by atoms with van der Waals surface area (Å²) in [6.45, 7) is 5.59. The molecule has 122 valence electrons. The van der Waals surface area contributed by atoms with E-state index in [1.165, 1.54) is 0 Å². The molecule has 23 heavy (non-hydrogen) atoms. The second-order valence-electron chi connectivity index (χ2n) is 6.05. The molecule has 4 nitrogen and oxygen atoms in total. The molecule has 0 radical (unpaired) electrons. The van der Waals surface area contributed by atoms with Crippen LogP contribution < -0.4 is 4.74 Å². The van der Waals surface area contributed by atoms with E-state index in [1.807, 2.05) is 30.3 Å². The van der Waals surface area contributed by atoms with Gasteiger partial charge in [0.1, 0.15) is 29.3 Å². The summed E-state index contributed by atoms with van der Waals surface area (Å²) in [5.41, 5.74) is 0.318. The molecule has 0 unspecified atom stereocenters. The van der Waals surface area contributed by atoms with Gasteiger partial charge in [0.25, 0.3) is 0 Å². The molecule has 0 heterocycles. The highest BCUT2D eigenvalue weighted by molar-refractivity contribution is 9.10. The molecule has 0 bridgehead atoms. The second-order valence-corrected chi connectivity index (χ2v) is 6.90. The molecule has 2 aromatic carbocycles. The zero-order chi connectivity index (χ0) is 17.0. The second kappa shape index (κ2) is 7.04. The van der Waals surface area contributed by atoms with Crippen LogP contribution in [-0.4, -0.2) is 16.7 Å². The maximum Gasteiger partial charge on any atom is 0.346 e. The van der Waals surface area contributed by atoms with Gasteiger partial charge >= 0.3 is 5.97 Å².